The van der Waals surface area contributed by atoms with Crippen LogP contribution < -0.4 is 0 Å². The Morgan fingerprint density at radius 3 is 2.50 bits per heavy atom. The van der Waals surface area contributed by atoms with Crippen LogP contribution in [-0.2, 0) is 17.6 Å². The highest BCUT2D eigenvalue weighted by Crippen LogP contribution is 2.27. The van der Waals surface area contributed by atoms with E-state index in [1.54, 1.807) is 12.4 Å². The number of rotatable bonds is 7. The number of pyridine rings is 2. The number of amides is 1. The van der Waals surface area contributed by atoms with Gasteiger partial charge in [-0.2, -0.15) is 0 Å². The number of hydrogen-bond acceptors (Lipinski definition) is 3. The average Bonchev–Trinajstić information content (AvgIpc) is 3.14. The lowest BCUT2D eigenvalue weighted by atomic mass is 10.0. The molecule has 5 nitrogen and oxygen atoms in total. The molecule has 0 saturated carbocycles. The summed E-state index contributed by atoms with van der Waals surface area (Å²) < 4.78 is 2.06. The first-order chi connectivity index (χ1) is 15.5. The molecule has 0 radical (unpaired) electrons. The predicted octanol–water partition coefficient (Wildman–Crippen LogP) is 4.96. The zero-order chi connectivity index (χ0) is 22.7. The molecule has 0 aliphatic heterocycles. The van der Waals surface area contributed by atoms with Crippen molar-refractivity contribution in [3.05, 3.63) is 89.0 Å². The average molecular weight is 427 g/mol. The van der Waals surface area contributed by atoms with Crippen LogP contribution in [0.4, 0.5) is 0 Å². The Morgan fingerprint density at radius 2 is 1.78 bits per heavy atom. The Hall–Kier alpha value is -3.47. The highest BCUT2D eigenvalue weighted by Gasteiger charge is 2.20. The first kappa shape index (κ1) is 21.8. The Balaban J connectivity index is 1.66. The Bertz CT molecular complexity index is 1240. The molecule has 0 aliphatic rings. The Labute approximate surface area is 189 Å². The van der Waals surface area contributed by atoms with Crippen molar-refractivity contribution in [2.24, 2.45) is 0 Å². The zero-order valence-electron chi connectivity index (χ0n) is 19.3. The summed E-state index contributed by atoms with van der Waals surface area (Å²) in [5.74, 6) is 0.119. The zero-order valence-corrected chi connectivity index (χ0v) is 19.3. The van der Waals surface area contributed by atoms with Gasteiger partial charge in [0.2, 0.25) is 5.91 Å². The number of likely N-dealkylation sites (N-methyl/N-ethyl adjacent to an activating group) is 1. The van der Waals surface area contributed by atoms with Gasteiger partial charge in [0.25, 0.3) is 0 Å². The second kappa shape index (κ2) is 9.35. The third-order valence-corrected chi connectivity index (χ3v) is 6.13. The summed E-state index contributed by atoms with van der Waals surface area (Å²) >= 11 is 0. The van der Waals surface area contributed by atoms with E-state index < -0.39 is 0 Å². The summed E-state index contributed by atoms with van der Waals surface area (Å²) in [7, 11) is 0. The van der Waals surface area contributed by atoms with Gasteiger partial charge in [-0.05, 0) is 86.7 Å². The van der Waals surface area contributed by atoms with E-state index in [1.165, 1.54) is 16.7 Å². The molecular formula is C27H30N4O. The third-order valence-electron chi connectivity index (χ3n) is 6.13. The lowest BCUT2D eigenvalue weighted by molar-refractivity contribution is -0.130. The van der Waals surface area contributed by atoms with E-state index in [0.717, 1.165) is 34.6 Å². The van der Waals surface area contributed by atoms with E-state index >= 15 is 0 Å². The van der Waals surface area contributed by atoms with Crippen molar-refractivity contribution in [2.75, 3.05) is 13.1 Å². The standard InChI is InChI=1S/C27H30N4O/c1-5-30(14-11-22-8-12-28-13-9-22)26(32)18-24-27(23-7-6-20(3)21(4)17-23)29-25-16-19(2)10-15-31(24)25/h6-10,12-13,15-17H,5,11,14,18H2,1-4H3. The molecule has 0 saturated heterocycles. The normalized spacial score (nSPS) is 11.1. The Morgan fingerprint density at radius 1 is 1.00 bits per heavy atom. The smallest absolute Gasteiger partial charge is 0.228 e. The van der Waals surface area contributed by atoms with Crippen LogP contribution >= 0.6 is 0 Å². The molecule has 0 atom stereocenters. The summed E-state index contributed by atoms with van der Waals surface area (Å²) in [6.07, 6.45) is 6.75. The molecular weight excluding hydrogens is 396 g/mol. The minimum Gasteiger partial charge on any atom is -0.342 e. The molecule has 1 aromatic carbocycles. The lowest BCUT2D eigenvalue weighted by Gasteiger charge is -2.21. The van der Waals surface area contributed by atoms with Gasteiger partial charge in [-0.1, -0.05) is 12.1 Å². The fourth-order valence-corrected chi connectivity index (χ4v) is 4.01. The third kappa shape index (κ3) is 4.57. The number of fused-ring (bicyclic) bond motifs is 1. The van der Waals surface area contributed by atoms with E-state index in [2.05, 4.69) is 60.5 Å². The van der Waals surface area contributed by atoms with Gasteiger partial charge >= 0.3 is 0 Å². The van der Waals surface area contributed by atoms with Crippen LogP contribution in [-0.4, -0.2) is 38.3 Å². The van der Waals surface area contributed by atoms with Crippen molar-refractivity contribution in [3.63, 3.8) is 0 Å². The van der Waals surface area contributed by atoms with Gasteiger partial charge in [0, 0.05) is 37.2 Å². The fourth-order valence-electron chi connectivity index (χ4n) is 4.01. The topological polar surface area (TPSA) is 50.5 Å². The van der Waals surface area contributed by atoms with Crippen molar-refractivity contribution in [1.29, 1.82) is 0 Å². The fraction of sp³-hybridized carbons (Fsp3) is 0.296. The molecule has 0 aliphatic carbocycles. The van der Waals surface area contributed by atoms with Crippen LogP contribution in [0.15, 0.2) is 61.1 Å². The quantitative estimate of drug-likeness (QED) is 0.420. The van der Waals surface area contributed by atoms with Gasteiger partial charge in [-0.25, -0.2) is 4.98 Å². The number of imidazole rings is 1. The number of carbonyl (C=O) groups excluding carboxylic acids is 1. The molecule has 3 heterocycles. The lowest BCUT2D eigenvalue weighted by Crippen LogP contribution is -2.34. The van der Waals surface area contributed by atoms with Gasteiger partial charge < -0.3 is 9.30 Å². The minimum atomic E-state index is 0.119. The molecule has 32 heavy (non-hydrogen) atoms. The van der Waals surface area contributed by atoms with Crippen molar-refractivity contribution in [3.8, 4) is 11.3 Å². The maximum Gasteiger partial charge on any atom is 0.228 e. The molecule has 1 amide bonds. The molecule has 0 spiro atoms. The van der Waals surface area contributed by atoms with Gasteiger partial charge in [-0.15, -0.1) is 0 Å². The van der Waals surface area contributed by atoms with Crippen LogP contribution in [0.2, 0.25) is 0 Å². The molecule has 5 heteroatoms. The highest BCUT2D eigenvalue weighted by molar-refractivity contribution is 5.82. The maximum absolute atomic E-state index is 13.4. The van der Waals surface area contributed by atoms with Crippen molar-refractivity contribution >= 4 is 11.6 Å². The van der Waals surface area contributed by atoms with Crippen molar-refractivity contribution < 1.29 is 4.79 Å². The van der Waals surface area contributed by atoms with Crippen LogP contribution in [0.5, 0.6) is 0 Å². The van der Waals surface area contributed by atoms with Crippen LogP contribution in [0.3, 0.4) is 0 Å². The van der Waals surface area contributed by atoms with Gasteiger partial charge in [0.15, 0.2) is 0 Å². The molecule has 164 valence electrons. The molecule has 0 unspecified atom stereocenters. The number of aryl methyl sites for hydroxylation is 3. The first-order valence-electron chi connectivity index (χ1n) is 11.2. The first-order valence-corrected chi connectivity index (χ1v) is 11.2. The van der Waals surface area contributed by atoms with Gasteiger partial charge in [0.1, 0.15) is 5.65 Å². The van der Waals surface area contributed by atoms with Crippen molar-refractivity contribution in [2.45, 2.75) is 40.5 Å². The summed E-state index contributed by atoms with van der Waals surface area (Å²) in [6, 6.07) is 14.5. The largest absolute Gasteiger partial charge is 0.342 e. The molecule has 0 bridgehead atoms. The number of nitrogens with zero attached hydrogens (tertiary/aromatic N) is 4. The molecule has 0 fully saturated rings. The van der Waals surface area contributed by atoms with Crippen LogP contribution in [0.1, 0.15) is 34.9 Å². The minimum absolute atomic E-state index is 0.119. The summed E-state index contributed by atoms with van der Waals surface area (Å²) in [5.41, 5.74) is 8.57. The van der Waals surface area contributed by atoms with E-state index in [-0.39, 0.29) is 5.91 Å². The highest BCUT2D eigenvalue weighted by atomic mass is 16.2. The molecule has 4 rings (SSSR count). The Kier molecular flexibility index (Phi) is 6.35. The maximum atomic E-state index is 13.4. The van der Waals surface area contributed by atoms with E-state index in [1.807, 2.05) is 30.2 Å². The van der Waals surface area contributed by atoms with Gasteiger partial charge in [0.05, 0.1) is 17.8 Å². The number of benzene rings is 1. The van der Waals surface area contributed by atoms with E-state index in [4.69, 9.17) is 4.98 Å². The number of hydrogen-bond donors (Lipinski definition) is 0. The van der Waals surface area contributed by atoms with Crippen molar-refractivity contribution in [1.82, 2.24) is 19.3 Å². The predicted molar refractivity (Wildman–Crippen MR) is 129 cm³/mol. The van der Waals surface area contributed by atoms with Crippen LogP contribution in [0.25, 0.3) is 16.9 Å². The second-order valence-corrected chi connectivity index (χ2v) is 8.39. The number of carbonyl (C=O) groups is 1. The monoisotopic (exact) mass is 426 g/mol. The van der Waals surface area contributed by atoms with Crippen LogP contribution in [0, 0.1) is 20.8 Å². The van der Waals surface area contributed by atoms with Gasteiger partial charge in [-0.3, -0.25) is 9.78 Å². The van der Waals surface area contributed by atoms with E-state index in [0.29, 0.717) is 19.5 Å². The number of aromatic nitrogens is 3. The SMILES string of the molecule is CCN(CCc1ccncc1)C(=O)Cc1c(-c2ccc(C)c(C)c2)nc2cc(C)ccn12. The summed E-state index contributed by atoms with van der Waals surface area (Å²) in [4.78, 5) is 24.3. The summed E-state index contributed by atoms with van der Waals surface area (Å²) in [6.45, 7) is 9.69. The summed E-state index contributed by atoms with van der Waals surface area (Å²) in [5, 5.41) is 0. The van der Waals surface area contributed by atoms with E-state index in [9.17, 15) is 4.79 Å². The molecule has 3 aromatic heterocycles. The molecule has 4 aromatic rings. The molecule has 0 N–H and O–H groups in total. The second-order valence-electron chi connectivity index (χ2n) is 8.39.